The second-order valence-corrected chi connectivity index (χ2v) is 11.4. The first kappa shape index (κ1) is 24.2. The van der Waals surface area contributed by atoms with Crippen molar-refractivity contribution in [2.45, 2.75) is 83.0 Å². The monoisotopic (exact) mass is 504 g/mol. The van der Waals surface area contributed by atoms with Gasteiger partial charge in [0.2, 0.25) is 11.8 Å². The van der Waals surface area contributed by atoms with Gasteiger partial charge in [-0.25, -0.2) is 0 Å². The van der Waals surface area contributed by atoms with Crippen molar-refractivity contribution in [3.63, 3.8) is 0 Å². The van der Waals surface area contributed by atoms with E-state index in [-0.39, 0.29) is 28.7 Å². The Kier molecular flexibility index (Phi) is 6.29. The van der Waals surface area contributed by atoms with Gasteiger partial charge in [-0.2, -0.15) is 9.97 Å². The maximum Gasteiger partial charge on any atom is 0.393 e. The summed E-state index contributed by atoms with van der Waals surface area (Å²) in [7, 11) is 1.54. The first-order valence-corrected chi connectivity index (χ1v) is 13.7. The Hall–Kier alpha value is -3.16. The number of anilines is 1. The molecule has 0 aliphatic heterocycles. The summed E-state index contributed by atoms with van der Waals surface area (Å²) < 4.78 is 16.5. The Balaban J connectivity index is 1.28. The smallest absolute Gasteiger partial charge is 0.393 e. The van der Waals surface area contributed by atoms with E-state index >= 15 is 0 Å². The fourth-order valence-corrected chi connectivity index (χ4v) is 6.85. The number of carbonyl (C=O) groups excluding carboxylic acids is 1. The maximum atomic E-state index is 14.1. The van der Waals surface area contributed by atoms with E-state index in [1.807, 2.05) is 19.1 Å². The molecule has 0 unspecified atom stereocenters. The molecule has 8 nitrogen and oxygen atoms in total. The summed E-state index contributed by atoms with van der Waals surface area (Å²) in [5.74, 6) is 2.53. The SMILES string of the molecule is COc1ncc(-c2cccc(N(CC34CCC(c5nc(C)no5)(CC3)CC4)C(=O)C3CCCCC3)c2)o1. The average Bonchev–Trinajstić information content (AvgIpc) is 3.63. The molecule has 2 aromatic heterocycles. The highest BCUT2D eigenvalue weighted by Gasteiger charge is 2.53. The molecule has 37 heavy (non-hydrogen) atoms. The highest BCUT2D eigenvalue weighted by molar-refractivity contribution is 5.95. The molecule has 1 aromatic carbocycles. The standard InChI is InChI=1S/C29H36N4O4/c1-20-31-26(37-32-20)29-14-11-28(12-15-29,13-16-29)19-33(25(34)21-7-4-3-5-8-21)23-10-6-9-22(17-23)24-18-30-27(35-2)36-24/h6,9-10,17-18,21H,3-5,7-8,11-16,19H2,1-2H3. The molecule has 0 atom stereocenters. The lowest BCUT2D eigenvalue weighted by Crippen LogP contribution is -2.51. The predicted octanol–water partition coefficient (Wildman–Crippen LogP) is 6.25. The molecule has 2 bridgehead atoms. The van der Waals surface area contributed by atoms with Crippen molar-refractivity contribution in [2.75, 3.05) is 18.6 Å². The largest absolute Gasteiger partial charge is 0.454 e. The van der Waals surface area contributed by atoms with Gasteiger partial charge < -0.3 is 18.6 Å². The Morgan fingerprint density at radius 2 is 1.86 bits per heavy atom. The number of hydrogen-bond acceptors (Lipinski definition) is 7. The van der Waals surface area contributed by atoms with Crippen molar-refractivity contribution >= 4 is 11.6 Å². The van der Waals surface area contributed by atoms with Crippen LogP contribution in [0.4, 0.5) is 5.69 Å². The molecule has 0 spiro atoms. The molecule has 3 aromatic rings. The van der Waals surface area contributed by atoms with Crippen LogP contribution in [-0.4, -0.2) is 34.7 Å². The van der Waals surface area contributed by atoms with Crippen molar-refractivity contribution in [3.05, 3.63) is 42.2 Å². The lowest BCUT2D eigenvalue weighted by Gasteiger charge is -2.53. The Morgan fingerprint density at radius 3 is 2.51 bits per heavy atom. The van der Waals surface area contributed by atoms with Crippen molar-refractivity contribution in [1.29, 1.82) is 0 Å². The summed E-state index contributed by atoms with van der Waals surface area (Å²) in [6.07, 6.45) is 13.7. The van der Waals surface area contributed by atoms with Gasteiger partial charge in [0.25, 0.3) is 0 Å². The maximum absolute atomic E-state index is 14.1. The van der Waals surface area contributed by atoms with Gasteiger partial charge in [0.1, 0.15) is 0 Å². The first-order chi connectivity index (χ1) is 18.0. The third kappa shape index (κ3) is 4.55. The highest BCUT2D eigenvalue weighted by atomic mass is 16.6. The van der Waals surface area contributed by atoms with E-state index in [9.17, 15) is 4.79 Å². The van der Waals surface area contributed by atoms with Gasteiger partial charge >= 0.3 is 6.08 Å². The summed E-state index contributed by atoms with van der Waals surface area (Å²) >= 11 is 0. The van der Waals surface area contributed by atoms with Crippen molar-refractivity contribution < 1.29 is 18.5 Å². The van der Waals surface area contributed by atoms with Crippen LogP contribution in [-0.2, 0) is 10.2 Å². The lowest BCUT2D eigenvalue weighted by molar-refractivity contribution is -0.124. The van der Waals surface area contributed by atoms with E-state index in [0.29, 0.717) is 11.6 Å². The van der Waals surface area contributed by atoms with E-state index in [2.05, 4.69) is 32.2 Å². The number of benzene rings is 1. The number of hydrogen-bond donors (Lipinski definition) is 0. The molecule has 0 N–H and O–H groups in total. The third-order valence-corrected chi connectivity index (χ3v) is 9.20. The topological polar surface area (TPSA) is 94.5 Å². The number of nitrogens with zero attached hydrogens (tertiary/aromatic N) is 4. The molecule has 0 saturated heterocycles. The normalized spacial score (nSPS) is 25.8. The molecular weight excluding hydrogens is 468 g/mol. The van der Waals surface area contributed by atoms with E-state index < -0.39 is 0 Å². The van der Waals surface area contributed by atoms with E-state index in [4.69, 9.17) is 13.7 Å². The van der Waals surface area contributed by atoms with Crippen LogP contribution in [0.2, 0.25) is 0 Å². The van der Waals surface area contributed by atoms with E-state index in [0.717, 1.165) is 87.9 Å². The molecule has 8 heteroatoms. The van der Waals surface area contributed by atoms with Gasteiger partial charge in [0, 0.05) is 29.1 Å². The predicted molar refractivity (Wildman–Crippen MR) is 138 cm³/mol. The summed E-state index contributed by atoms with van der Waals surface area (Å²) in [4.78, 5) is 24.9. The molecule has 1 amide bonds. The van der Waals surface area contributed by atoms with E-state index in [1.54, 1.807) is 13.3 Å². The van der Waals surface area contributed by atoms with Crippen LogP contribution in [0.5, 0.6) is 6.08 Å². The summed E-state index contributed by atoms with van der Waals surface area (Å²) in [6, 6.07) is 8.12. The van der Waals surface area contributed by atoms with E-state index in [1.165, 1.54) is 6.42 Å². The molecule has 7 rings (SSSR count). The number of ether oxygens (including phenoxy) is 1. The zero-order valence-electron chi connectivity index (χ0n) is 21.9. The van der Waals surface area contributed by atoms with Gasteiger partial charge in [-0.3, -0.25) is 4.79 Å². The number of methoxy groups -OCH3 is 1. The van der Waals surface area contributed by atoms with Crippen molar-refractivity contribution in [1.82, 2.24) is 15.1 Å². The third-order valence-electron chi connectivity index (χ3n) is 9.20. The minimum absolute atomic E-state index is 0.00643. The van der Waals surface area contributed by atoms with Crippen LogP contribution < -0.4 is 9.64 Å². The number of aryl methyl sites for hydroxylation is 1. The number of rotatable bonds is 7. The van der Waals surface area contributed by atoms with Gasteiger partial charge in [-0.15, -0.1) is 0 Å². The number of aromatic nitrogens is 3. The lowest BCUT2D eigenvalue weighted by atomic mass is 9.53. The molecular formula is C29H36N4O4. The molecule has 4 aliphatic carbocycles. The van der Waals surface area contributed by atoms with Crippen LogP contribution in [0.1, 0.15) is 82.3 Å². The van der Waals surface area contributed by atoms with Gasteiger partial charge in [-0.1, -0.05) is 36.6 Å². The summed E-state index contributed by atoms with van der Waals surface area (Å²) in [5, 5.41) is 4.06. The number of amides is 1. The van der Waals surface area contributed by atoms with Gasteiger partial charge in [-0.05, 0) is 75.8 Å². The van der Waals surface area contributed by atoms with Crippen molar-refractivity contribution in [3.8, 4) is 17.4 Å². The van der Waals surface area contributed by atoms with Crippen molar-refractivity contribution in [2.24, 2.45) is 11.3 Å². The zero-order chi connectivity index (χ0) is 25.5. The Morgan fingerprint density at radius 1 is 1.11 bits per heavy atom. The number of fused-ring (bicyclic) bond motifs is 3. The minimum atomic E-state index is 0.00643. The second-order valence-electron chi connectivity index (χ2n) is 11.4. The van der Waals surface area contributed by atoms with Crippen LogP contribution in [0.25, 0.3) is 11.3 Å². The summed E-state index contributed by atoms with van der Waals surface area (Å²) in [5.41, 5.74) is 1.96. The van der Waals surface area contributed by atoms with Gasteiger partial charge in [0.05, 0.1) is 13.3 Å². The fourth-order valence-electron chi connectivity index (χ4n) is 6.85. The minimum Gasteiger partial charge on any atom is -0.454 e. The zero-order valence-corrected chi connectivity index (χ0v) is 21.9. The van der Waals surface area contributed by atoms with Gasteiger partial charge in [0.15, 0.2) is 11.6 Å². The quantitative estimate of drug-likeness (QED) is 0.375. The average molecular weight is 505 g/mol. The molecule has 4 saturated carbocycles. The molecule has 0 radical (unpaired) electrons. The fraction of sp³-hybridized carbons (Fsp3) is 0.586. The van der Waals surface area contributed by atoms with Crippen LogP contribution >= 0.6 is 0 Å². The Bertz CT molecular complexity index is 1230. The summed E-state index contributed by atoms with van der Waals surface area (Å²) in [6.45, 7) is 2.64. The highest BCUT2D eigenvalue weighted by Crippen LogP contribution is 2.58. The molecule has 4 fully saturated rings. The molecule has 4 aliphatic rings. The second kappa shape index (κ2) is 9.62. The number of carbonyl (C=O) groups is 1. The van der Waals surface area contributed by atoms with Crippen LogP contribution in [0.15, 0.2) is 39.4 Å². The number of oxazole rings is 1. The molecule has 196 valence electrons. The Labute approximate surface area is 217 Å². The van der Waals surface area contributed by atoms with Crippen LogP contribution in [0, 0.1) is 18.3 Å². The first-order valence-electron chi connectivity index (χ1n) is 13.7. The van der Waals surface area contributed by atoms with Crippen LogP contribution in [0.3, 0.4) is 0 Å². The molecule has 2 heterocycles.